The van der Waals surface area contributed by atoms with Crippen LogP contribution in [0.1, 0.15) is 18.9 Å². The van der Waals surface area contributed by atoms with Crippen molar-refractivity contribution in [3.8, 4) is 5.75 Å². The summed E-state index contributed by atoms with van der Waals surface area (Å²) in [6, 6.07) is 2.67. The first-order valence-corrected chi connectivity index (χ1v) is 8.29. The topological polar surface area (TPSA) is 90.7 Å². The number of nitrogens with one attached hydrogen (secondary N) is 1. The lowest BCUT2D eigenvalue weighted by atomic mass is 10.2. The molecule has 0 bridgehead atoms. The van der Waals surface area contributed by atoms with E-state index < -0.39 is 10.0 Å². The summed E-state index contributed by atoms with van der Waals surface area (Å²) in [5.41, 5.74) is 6.14. The number of benzene rings is 1. The lowest BCUT2D eigenvalue weighted by molar-refractivity contribution is 0.188. The van der Waals surface area contributed by atoms with Crippen molar-refractivity contribution in [1.29, 1.82) is 0 Å². The summed E-state index contributed by atoms with van der Waals surface area (Å²) in [6.07, 6.45) is 0.558. The second-order valence-electron chi connectivity index (χ2n) is 4.60. The quantitative estimate of drug-likeness (QED) is 0.751. The van der Waals surface area contributed by atoms with E-state index in [1.807, 2.05) is 0 Å². The van der Waals surface area contributed by atoms with E-state index in [4.69, 9.17) is 26.8 Å². The van der Waals surface area contributed by atoms with Crippen LogP contribution in [-0.4, -0.2) is 35.3 Å². The molecule has 3 N–H and O–H groups in total. The Morgan fingerprint density at radius 2 is 2.05 bits per heavy atom. The van der Waals surface area contributed by atoms with Gasteiger partial charge in [0.05, 0.1) is 7.11 Å². The van der Waals surface area contributed by atoms with Crippen molar-refractivity contribution in [2.75, 3.05) is 20.8 Å². The van der Waals surface area contributed by atoms with Crippen LogP contribution in [0.3, 0.4) is 0 Å². The van der Waals surface area contributed by atoms with Crippen LogP contribution in [0.4, 0.5) is 0 Å². The van der Waals surface area contributed by atoms with Crippen LogP contribution in [-0.2, 0) is 21.3 Å². The molecule has 0 aliphatic rings. The summed E-state index contributed by atoms with van der Waals surface area (Å²) >= 11 is 5.96. The predicted molar refractivity (Wildman–Crippen MR) is 82.2 cm³/mol. The van der Waals surface area contributed by atoms with E-state index in [1.165, 1.54) is 13.2 Å². The fraction of sp³-hybridized carbons (Fsp3) is 0.538. The van der Waals surface area contributed by atoms with Crippen LogP contribution in [0.2, 0.25) is 5.02 Å². The first kappa shape index (κ1) is 18.2. The van der Waals surface area contributed by atoms with Gasteiger partial charge in [-0.2, -0.15) is 0 Å². The van der Waals surface area contributed by atoms with Crippen molar-refractivity contribution in [2.24, 2.45) is 5.73 Å². The zero-order chi connectivity index (χ0) is 16.0. The molecule has 0 saturated heterocycles. The Morgan fingerprint density at radius 1 is 1.38 bits per heavy atom. The van der Waals surface area contributed by atoms with E-state index in [9.17, 15) is 8.42 Å². The molecule has 1 rings (SSSR count). The van der Waals surface area contributed by atoms with Gasteiger partial charge in [0.25, 0.3) is 0 Å². The number of halogens is 1. The minimum Gasteiger partial charge on any atom is -0.495 e. The summed E-state index contributed by atoms with van der Waals surface area (Å²) in [6.45, 7) is 2.35. The lowest BCUT2D eigenvalue weighted by Gasteiger charge is -2.17. The molecule has 0 aromatic heterocycles. The van der Waals surface area contributed by atoms with Crippen LogP contribution in [0.5, 0.6) is 5.75 Å². The monoisotopic (exact) mass is 336 g/mol. The predicted octanol–water partition coefficient (Wildman–Crippen LogP) is 1.51. The van der Waals surface area contributed by atoms with Gasteiger partial charge in [0.15, 0.2) is 0 Å². The van der Waals surface area contributed by atoms with Gasteiger partial charge in [0.2, 0.25) is 10.0 Å². The van der Waals surface area contributed by atoms with Crippen LogP contribution in [0, 0.1) is 0 Å². The molecule has 0 amide bonds. The van der Waals surface area contributed by atoms with Crippen molar-refractivity contribution in [2.45, 2.75) is 30.8 Å². The van der Waals surface area contributed by atoms with Crippen molar-refractivity contribution in [3.63, 3.8) is 0 Å². The van der Waals surface area contributed by atoms with Crippen LogP contribution in [0.15, 0.2) is 17.0 Å². The van der Waals surface area contributed by atoms with Crippen molar-refractivity contribution >= 4 is 21.6 Å². The zero-order valence-corrected chi connectivity index (χ0v) is 13.9. The normalized spacial score (nSPS) is 13.2. The highest BCUT2D eigenvalue weighted by Crippen LogP contribution is 2.31. The summed E-state index contributed by atoms with van der Waals surface area (Å²) in [5.74, 6) is 0.216. The van der Waals surface area contributed by atoms with E-state index in [1.54, 1.807) is 20.1 Å². The molecule has 1 aromatic rings. The minimum atomic E-state index is -3.76. The molecule has 1 aromatic carbocycles. The Hall–Kier alpha value is -0.860. The van der Waals surface area contributed by atoms with Gasteiger partial charge in [-0.1, -0.05) is 11.6 Å². The van der Waals surface area contributed by atoms with Gasteiger partial charge < -0.3 is 15.2 Å². The Balaban J connectivity index is 3.15. The Labute approximate surface area is 130 Å². The third-order valence-electron chi connectivity index (χ3n) is 2.92. The maximum atomic E-state index is 12.5. The average Bonchev–Trinajstić information content (AvgIpc) is 2.43. The maximum absolute atomic E-state index is 12.5. The molecule has 120 valence electrons. The largest absolute Gasteiger partial charge is 0.495 e. The van der Waals surface area contributed by atoms with Crippen LogP contribution in [0.25, 0.3) is 0 Å². The molecular formula is C13H21ClN2O4S. The molecule has 1 unspecified atom stereocenters. The standard InChI is InChI=1S/C13H21ClN2O4S/c1-9(4-5-19-2)16-21(17,18)12-7-11(14)6-10(8-15)13(12)20-3/h6-7,9,16H,4-5,8,15H2,1-3H3. The number of sulfonamides is 1. The van der Waals surface area contributed by atoms with Gasteiger partial charge in [-0.3, -0.25) is 0 Å². The van der Waals surface area contributed by atoms with E-state index in [0.29, 0.717) is 23.6 Å². The van der Waals surface area contributed by atoms with Gasteiger partial charge in [-0.25, -0.2) is 13.1 Å². The SMILES string of the molecule is COCCC(C)NS(=O)(=O)c1cc(Cl)cc(CN)c1OC. The molecule has 1 atom stereocenters. The van der Waals surface area contributed by atoms with E-state index >= 15 is 0 Å². The average molecular weight is 337 g/mol. The molecule has 0 fully saturated rings. The van der Waals surface area contributed by atoms with Crippen LogP contribution >= 0.6 is 11.6 Å². The van der Waals surface area contributed by atoms with Gasteiger partial charge in [0, 0.05) is 36.9 Å². The lowest BCUT2D eigenvalue weighted by Crippen LogP contribution is -2.33. The highest BCUT2D eigenvalue weighted by molar-refractivity contribution is 7.89. The summed E-state index contributed by atoms with van der Waals surface area (Å²) in [7, 11) is -0.796. The molecule has 0 spiro atoms. The Morgan fingerprint density at radius 3 is 2.57 bits per heavy atom. The molecule has 8 heteroatoms. The molecule has 21 heavy (non-hydrogen) atoms. The molecule has 0 heterocycles. The summed E-state index contributed by atoms with van der Waals surface area (Å²) in [4.78, 5) is -0.0118. The highest BCUT2D eigenvalue weighted by Gasteiger charge is 2.24. The number of rotatable bonds is 8. The molecule has 6 nitrogen and oxygen atoms in total. The van der Waals surface area contributed by atoms with Crippen molar-refractivity contribution < 1.29 is 17.9 Å². The molecule has 0 radical (unpaired) electrons. The Kier molecular flexibility index (Phi) is 6.89. The molecule has 0 aliphatic heterocycles. The number of ether oxygens (including phenoxy) is 2. The number of hydrogen-bond donors (Lipinski definition) is 2. The number of methoxy groups -OCH3 is 2. The molecular weight excluding hydrogens is 316 g/mol. The van der Waals surface area contributed by atoms with Gasteiger partial charge >= 0.3 is 0 Å². The van der Waals surface area contributed by atoms with E-state index in [0.717, 1.165) is 0 Å². The second-order valence-corrected chi connectivity index (χ2v) is 6.72. The number of hydrogen-bond acceptors (Lipinski definition) is 5. The highest BCUT2D eigenvalue weighted by atomic mass is 35.5. The molecule has 0 aliphatic carbocycles. The first-order chi connectivity index (χ1) is 9.85. The van der Waals surface area contributed by atoms with Gasteiger partial charge in [-0.05, 0) is 25.5 Å². The number of nitrogens with two attached hydrogens (primary N) is 1. The maximum Gasteiger partial charge on any atom is 0.244 e. The Bertz CT molecular complexity index is 578. The third-order valence-corrected chi connectivity index (χ3v) is 4.73. The summed E-state index contributed by atoms with van der Waals surface area (Å²) in [5, 5.41) is 0.293. The third kappa shape index (κ3) is 4.82. The van der Waals surface area contributed by atoms with Crippen LogP contribution < -0.4 is 15.2 Å². The fourth-order valence-electron chi connectivity index (χ4n) is 1.89. The minimum absolute atomic E-state index is 0.0118. The second kappa shape index (κ2) is 7.95. The van der Waals surface area contributed by atoms with Crippen molar-refractivity contribution in [3.05, 3.63) is 22.7 Å². The summed E-state index contributed by atoms with van der Waals surface area (Å²) < 4.78 is 37.6. The zero-order valence-electron chi connectivity index (χ0n) is 12.3. The molecule has 0 saturated carbocycles. The van der Waals surface area contributed by atoms with Crippen molar-refractivity contribution in [1.82, 2.24) is 4.72 Å². The fourth-order valence-corrected chi connectivity index (χ4v) is 3.71. The first-order valence-electron chi connectivity index (χ1n) is 6.43. The van der Waals surface area contributed by atoms with E-state index in [-0.39, 0.29) is 23.2 Å². The van der Waals surface area contributed by atoms with Gasteiger partial charge in [0.1, 0.15) is 10.6 Å². The smallest absolute Gasteiger partial charge is 0.244 e. The van der Waals surface area contributed by atoms with Gasteiger partial charge in [-0.15, -0.1) is 0 Å². The van der Waals surface area contributed by atoms with E-state index in [2.05, 4.69) is 4.72 Å².